The van der Waals surface area contributed by atoms with Crippen molar-refractivity contribution in [2.24, 2.45) is 0 Å². The van der Waals surface area contributed by atoms with E-state index in [-0.39, 0.29) is 0 Å². The number of hydrogen-bond donors (Lipinski definition) is 1. The maximum Gasteiger partial charge on any atom is 0.0980 e. The van der Waals surface area contributed by atoms with Gasteiger partial charge in [0.25, 0.3) is 0 Å². The fraction of sp³-hybridized carbons (Fsp3) is 0.125. The molecular weight excluding hydrogens is 188 g/mol. The molecule has 1 N–H and O–H groups in total. The normalized spacial score (nSPS) is 17.0. The standard InChI is InChI=1S/C8H6N2S2/c1-2-9-3-5-6(8-11-12-8)4-10-7(1)5/h1-4,8,10H. The summed E-state index contributed by atoms with van der Waals surface area (Å²) in [6, 6.07) is 2.01. The van der Waals surface area contributed by atoms with E-state index in [1.165, 1.54) is 16.5 Å². The van der Waals surface area contributed by atoms with Gasteiger partial charge < -0.3 is 4.98 Å². The second-order valence-corrected chi connectivity index (χ2v) is 5.47. The number of aromatic nitrogens is 2. The first kappa shape index (κ1) is 6.86. The van der Waals surface area contributed by atoms with Crippen LogP contribution in [0.4, 0.5) is 0 Å². The van der Waals surface area contributed by atoms with Crippen molar-refractivity contribution >= 4 is 32.5 Å². The van der Waals surface area contributed by atoms with E-state index < -0.39 is 0 Å². The van der Waals surface area contributed by atoms with Crippen LogP contribution >= 0.6 is 21.6 Å². The van der Waals surface area contributed by atoms with E-state index in [0.717, 1.165) is 0 Å². The van der Waals surface area contributed by atoms with Crippen LogP contribution in [0.15, 0.2) is 24.7 Å². The van der Waals surface area contributed by atoms with Gasteiger partial charge in [0, 0.05) is 35.1 Å². The summed E-state index contributed by atoms with van der Waals surface area (Å²) >= 11 is 0. The molecule has 0 bridgehead atoms. The Morgan fingerprint density at radius 2 is 2.33 bits per heavy atom. The highest BCUT2D eigenvalue weighted by molar-refractivity contribution is 8.92. The van der Waals surface area contributed by atoms with Crippen LogP contribution in [-0.2, 0) is 0 Å². The Morgan fingerprint density at radius 1 is 1.42 bits per heavy atom. The third kappa shape index (κ3) is 0.949. The molecular formula is C8H6N2S2. The monoisotopic (exact) mass is 194 g/mol. The Labute approximate surface area is 77.5 Å². The molecule has 0 aliphatic carbocycles. The Bertz CT molecular complexity index is 420. The highest BCUT2D eigenvalue weighted by Crippen LogP contribution is 2.66. The third-order valence-corrected chi connectivity index (χ3v) is 4.01. The SMILES string of the molecule is c1cc2[nH]cc(C3SS3)c2cn1. The van der Waals surface area contributed by atoms with Gasteiger partial charge in [-0.05, 0) is 6.07 Å². The number of nitrogens with zero attached hydrogens (tertiary/aromatic N) is 1. The van der Waals surface area contributed by atoms with Crippen molar-refractivity contribution in [3.8, 4) is 0 Å². The smallest absolute Gasteiger partial charge is 0.0980 e. The number of aromatic amines is 1. The topological polar surface area (TPSA) is 28.7 Å². The Kier molecular flexibility index (Phi) is 1.39. The van der Waals surface area contributed by atoms with Crippen LogP contribution in [0.5, 0.6) is 0 Å². The largest absolute Gasteiger partial charge is 0.361 e. The van der Waals surface area contributed by atoms with E-state index in [4.69, 9.17) is 0 Å². The quantitative estimate of drug-likeness (QED) is 0.559. The van der Waals surface area contributed by atoms with Crippen LogP contribution in [0.1, 0.15) is 10.1 Å². The van der Waals surface area contributed by atoms with E-state index in [9.17, 15) is 0 Å². The second-order valence-electron chi connectivity index (χ2n) is 2.69. The second kappa shape index (κ2) is 2.44. The highest BCUT2D eigenvalue weighted by Gasteiger charge is 2.28. The minimum Gasteiger partial charge on any atom is -0.361 e. The zero-order valence-corrected chi connectivity index (χ0v) is 7.78. The molecule has 3 rings (SSSR count). The first-order chi connectivity index (χ1) is 5.95. The summed E-state index contributed by atoms with van der Waals surface area (Å²) in [6.45, 7) is 0. The van der Waals surface area contributed by atoms with Crippen molar-refractivity contribution in [2.45, 2.75) is 4.58 Å². The van der Waals surface area contributed by atoms with E-state index in [1.807, 2.05) is 40.0 Å². The summed E-state index contributed by atoms with van der Waals surface area (Å²) in [7, 11) is 3.82. The summed E-state index contributed by atoms with van der Waals surface area (Å²) < 4.78 is 0.642. The summed E-state index contributed by atoms with van der Waals surface area (Å²) in [6.07, 6.45) is 5.83. The lowest BCUT2D eigenvalue weighted by atomic mass is 10.2. The fourth-order valence-corrected chi connectivity index (χ4v) is 2.75. The third-order valence-electron chi connectivity index (χ3n) is 1.96. The first-order valence-corrected chi connectivity index (χ1v) is 5.96. The molecule has 2 nitrogen and oxygen atoms in total. The van der Waals surface area contributed by atoms with Crippen LogP contribution in [0.25, 0.3) is 10.9 Å². The van der Waals surface area contributed by atoms with Gasteiger partial charge in [0.2, 0.25) is 0 Å². The van der Waals surface area contributed by atoms with Gasteiger partial charge >= 0.3 is 0 Å². The molecule has 0 unspecified atom stereocenters. The number of nitrogens with one attached hydrogen (secondary N) is 1. The molecule has 0 radical (unpaired) electrons. The van der Waals surface area contributed by atoms with Gasteiger partial charge in [0.15, 0.2) is 0 Å². The van der Waals surface area contributed by atoms with Crippen molar-refractivity contribution in [3.63, 3.8) is 0 Å². The van der Waals surface area contributed by atoms with Crippen molar-refractivity contribution in [2.75, 3.05) is 0 Å². The van der Waals surface area contributed by atoms with Crippen molar-refractivity contribution in [1.29, 1.82) is 0 Å². The van der Waals surface area contributed by atoms with Crippen molar-refractivity contribution in [1.82, 2.24) is 9.97 Å². The van der Waals surface area contributed by atoms with Gasteiger partial charge in [-0.2, -0.15) is 0 Å². The molecule has 0 saturated carbocycles. The lowest BCUT2D eigenvalue weighted by molar-refractivity contribution is 1.35. The highest BCUT2D eigenvalue weighted by atomic mass is 33.2. The molecule has 1 saturated heterocycles. The molecule has 0 aromatic carbocycles. The molecule has 1 aliphatic heterocycles. The molecule has 1 fully saturated rings. The van der Waals surface area contributed by atoms with E-state index in [1.54, 1.807) is 0 Å². The first-order valence-electron chi connectivity index (χ1n) is 3.68. The van der Waals surface area contributed by atoms with E-state index in [2.05, 4.69) is 16.2 Å². The Hall–Kier alpha value is -0.610. The van der Waals surface area contributed by atoms with Gasteiger partial charge in [-0.3, -0.25) is 4.98 Å². The number of fused-ring (bicyclic) bond motifs is 1. The average Bonchev–Trinajstić information content (AvgIpc) is 2.86. The molecule has 1 aliphatic rings. The van der Waals surface area contributed by atoms with E-state index in [0.29, 0.717) is 4.58 Å². The molecule has 2 aromatic heterocycles. The maximum atomic E-state index is 4.12. The van der Waals surface area contributed by atoms with Gasteiger partial charge in [0.05, 0.1) is 4.58 Å². The number of hydrogen-bond acceptors (Lipinski definition) is 3. The lowest BCUT2D eigenvalue weighted by Gasteiger charge is -1.89. The van der Waals surface area contributed by atoms with Gasteiger partial charge in [0.1, 0.15) is 0 Å². The van der Waals surface area contributed by atoms with Crippen LogP contribution in [-0.4, -0.2) is 9.97 Å². The summed E-state index contributed by atoms with van der Waals surface area (Å²) in [5, 5.41) is 1.26. The summed E-state index contributed by atoms with van der Waals surface area (Å²) in [5.74, 6) is 0. The molecule has 3 heterocycles. The van der Waals surface area contributed by atoms with Gasteiger partial charge in [-0.25, -0.2) is 0 Å². The van der Waals surface area contributed by atoms with Crippen LogP contribution in [0.3, 0.4) is 0 Å². The molecule has 60 valence electrons. The predicted octanol–water partition coefficient (Wildman–Crippen LogP) is 2.96. The van der Waals surface area contributed by atoms with Crippen molar-refractivity contribution in [3.05, 3.63) is 30.2 Å². The fourth-order valence-electron chi connectivity index (χ4n) is 1.31. The number of rotatable bonds is 1. The molecule has 0 spiro atoms. The zero-order chi connectivity index (χ0) is 7.97. The van der Waals surface area contributed by atoms with Crippen LogP contribution < -0.4 is 0 Å². The van der Waals surface area contributed by atoms with Crippen molar-refractivity contribution < 1.29 is 0 Å². The van der Waals surface area contributed by atoms with Crippen LogP contribution in [0, 0.1) is 0 Å². The number of pyridine rings is 1. The van der Waals surface area contributed by atoms with Crippen LogP contribution in [0.2, 0.25) is 0 Å². The lowest BCUT2D eigenvalue weighted by Crippen LogP contribution is -1.73. The molecule has 2 aromatic rings. The molecule has 0 atom stereocenters. The van der Waals surface area contributed by atoms with Gasteiger partial charge in [-0.1, -0.05) is 21.6 Å². The van der Waals surface area contributed by atoms with E-state index >= 15 is 0 Å². The Morgan fingerprint density at radius 3 is 3.17 bits per heavy atom. The summed E-state index contributed by atoms with van der Waals surface area (Å²) in [5.41, 5.74) is 2.57. The predicted molar refractivity (Wildman–Crippen MR) is 54.0 cm³/mol. The Balaban J connectivity index is 2.30. The zero-order valence-electron chi connectivity index (χ0n) is 6.15. The molecule has 12 heavy (non-hydrogen) atoms. The minimum absolute atomic E-state index is 0.642. The average molecular weight is 194 g/mol. The molecule has 0 amide bonds. The summed E-state index contributed by atoms with van der Waals surface area (Å²) in [4.78, 5) is 7.36. The van der Waals surface area contributed by atoms with Gasteiger partial charge in [-0.15, -0.1) is 0 Å². The maximum absolute atomic E-state index is 4.12. The number of H-pyrrole nitrogens is 1. The minimum atomic E-state index is 0.642. The molecule has 4 heteroatoms.